The lowest BCUT2D eigenvalue weighted by molar-refractivity contribution is -0.192. The summed E-state index contributed by atoms with van der Waals surface area (Å²) in [6, 6.07) is 9.49. The van der Waals surface area contributed by atoms with Gasteiger partial charge in [-0.2, -0.15) is 13.2 Å². The maximum atomic E-state index is 13.1. The smallest absolute Gasteiger partial charge is 0.475 e. The summed E-state index contributed by atoms with van der Waals surface area (Å²) in [5.74, 6) is -2.61. The van der Waals surface area contributed by atoms with Crippen LogP contribution in [0.2, 0.25) is 0 Å². The van der Waals surface area contributed by atoms with E-state index >= 15 is 0 Å². The first-order chi connectivity index (χ1) is 15.5. The summed E-state index contributed by atoms with van der Waals surface area (Å²) in [4.78, 5) is 22.4. The Morgan fingerprint density at radius 3 is 2.15 bits per heavy atom. The highest BCUT2D eigenvalue weighted by Crippen LogP contribution is 2.35. The van der Waals surface area contributed by atoms with Crippen LogP contribution in [0.5, 0.6) is 0 Å². The molecule has 2 aliphatic rings. The van der Waals surface area contributed by atoms with Gasteiger partial charge in [0.25, 0.3) is 0 Å². The number of hydrogen-bond donors (Lipinski definition) is 3. The van der Waals surface area contributed by atoms with Gasteiger partial charge >= 0.3 is 18.2 Å². The zero-order chi connectivity index (χ0) is 24.2. The second kappa shape index (κ2) is 10.5. The first kappa shape index (κ1) is 25.0. The van der Waals surface area contributed by atoms with Crippen LogP contribution in [0, 0.1) is 11.7 Å². The Kier molecular flexibility index (Phi) is 7.96. The molecule has 4 rings (SSSR count). The Bertz CT molecular complexity index is 952. The van der Waals surface area contributed by atoms with Gasteiger partial charge in [0.05, 0.1) is 0 Å². The van der Waals surface area contributed by atoms with Crippen molar-refractivity contribution in [2.45, 2.75) is 50.4 Å². The van der Waals surface area contributed by atoms with Gasteiger partial charge in [-0.05, 0) is 66.3 Å². The molecule has 2 aliphatic heterocycles. The molecule has 1 aromatic carbocycles. The van der Waals surface area contributed by atoms with E-state index in [1.807, 2.05) is 11.4 Å². The number of nitrogens with zero attached hydrogens (tertiary/aromatic N) is 1. The lowest BCUT2D eigenvalue weighted by Gasteiger charge is -2.32. The molecule has 33 heavy (non-hydrogen) atoms. The van der Waals surface area contributed by atoms with Crippen LogP contribution >= 0.6 is 11.3 Å². The number of alkyl halides is 3. The third kappa shape index (κ3) is 6.91. The number of carboxylic acids is 1. The maximum Gasteiger partial charge on any atom is 0.490 e. The highest BCUT2D eigenvalue weighted by atomic mass is 32.1. The van der Waals surface area contributed by atoms with E-state index < -0.39 is 18.2 Å². The molecule has 1 aromatic heterocycles. The molecule has 2 saturated heterocycles. The third-order valence-electron chi connectivity index (χ3n) is 5.76. The van der Waals surface area contributed by atoms with Crippen LogP contribution in [0.1, 0.15) is 36.8 Å². The minimum absolute atomic E-state index is 0.257. The molecule has 0 aliphatic carbocycles. The van der Waals surface area contributed by atoms with Gasteiger partial charge < -0.3 is 15.5 Å². The van der Waals surface area contributed by atoms with Crippen LogP contribution in [0.25, 0.3) is 0 Å². The van der Waals surface area contributed by atoms with Crippen molar-refractivity contribution in [1.82, 2.24) is 5.32 Å². The molecule has 0 spiro atoms. The minimum atomic E-state index is -5.08. The molecular weight excluding hydrogens is 464 g/mol. The Balaban J connectivity index is 0.000000383. The number of nitrogens with one attached hydrogen (secondary N) is 1. The number of aliphatic carboxylic acids is 1. The van der Waals surface area contributed by atoms with Gasteiger partial charge in [-0.15, -0.1) is 11.3 Å². The van der Waals surface area contributed by atoms with Crippen LogP contribution in [-0.2, 0) is 11.2 Å². The number of fused-ring (bicyclic) bond motifs is 2. The number of thiophene rings is 1. The summed E-state index contributed by atoms with van der Waals surface area (Å²) in [7, 11) is 0. The van der Waals surface area contributed by atoms with Crippen molar-refractivity contribution >= 4 is 28.4 Å². The van der Waals surface area contributed by atoms with Crippen LogP contribution in [0.4, 0.5) is 27.4 Å². The Labute approximate surface area is 191 Å². The van der Waals surface area contributed by atoms with E-state index in [0.29, 0.717) is 31.0 Å². The van der Waals surface area contributed by atoms with E-state index in [9.17, 15) is 27.5 Å². The fourth-order valence-corrected chi connectivity index (χ4v) is 5.28. The van der Waals surface area contributed by atoms with Crippen LogP contribution in [-0.4, -0.2) is 47.1 Å². The molecule has 6 nitrogen and oxygen atoms in total. The quantitative estimate of drug-likeness (QED) is 0.508. The van der Waals surface area contributed by atoms with Gasteiger partial charge in [0.2, 0.25) is 0 Å². The Morgan fingerprint density at radius 1 is 1.06 bits per heavy atom. The van der Waals surface area contributed by atoms with E-state index in [0.717, 1.165) is 29.0 Å². The number of piperidine rings is 1. The van der Waals surface area contributed by atoms with Crippen molar-refractivity contribution in [2.24, 2.45) is 5.92 Å². The first-order valence-electron chi connectivity index (χ1n) is 10.4. The van der Waals surface area contributed by atoms with E-state index in [-0.39, 0.29) is 5.82 Å². The second-order valence-corrected chi connectivity index (χ2v) is 9.12. The molecule has 2 fully saturated rings. The Hall–Kier alpha value is -2.66. The van der Waals surface area contributed by atoms with E-state index in [1.54, 1.807) is 12.1 Å². The van der Waals surface area contributed by atoms with Gasteiger partial charge in [-0.1, -0.05) is 12.1 Å². The van der Waals surface area contributed by atoms with Crippen molar-refractivity contribution in [3.63, 3.8) is 0 Å². The van der Waals surface area contributed by atoms with Crippen molar-refractivity contribution in [2.75, 3.05) is 11.4 Å². The number of carbonyl (C=O) groups is 2. The van der Waals surface area contributed by atoms with Crippen molar-refractivity contribution in [1.29, 1.82) is 0 Å². The maximum absolute atomic E-state index is 13.1. The molecule has 1 amide bonds. The van der Waals surface area contributed by atoms with Crippen molar-refractivity contribution < 1.29 is 37.4 Å². The zero-order valence-corrected chi connectivity index (χ0v) is 18.3. The molecule has 180 valence electrons. The predicted octanol–water partition coefficient (Wildman–Crippen LogP) is 5.13. The number of anilines is 1. The average molecular weight is 489 g/mol. The molecule has 2 atom stereocenters. The number of halogens is 4. The lowest BCUT2D eigenvalue weighted by Crippen LogP contribution is -2.43. The Morgan fingerprint density at radius 2 is 1.64 bits per heavy atom. The van der Waals surface area contributed by atoms with Crippen LogP contribution in [0.15, 0.2) is 35.7 Å². The lowest BCUT2D eigenvalue weighted by atomic mass is 9.92. The molecule has 0 saturated carbocycles. The normalized spacial score (nSPS) is 21.8. The number of benzene rings is 1. The zero-order valence-electron chi connectivity index (χ0n) is 17.5. The summed E-state index contributed by atoms with van der Waals surface area (Å²) < 4.78 is 44.9. The standard InChI is InChI=1S/C20H23FN2O2S.C2HF3O2/c21-16-3-1-13(2-4-16)9-15-7-8-26-19(15)23(20(24)25)12-14-10-17-5-6-18(11-14)22-17;3-2(4,5)1(6)7/h1-4,7-8,14,17-18,22H,5-6,9-12H2,(H,24,25);(H,6,7). The minimum Gasteiger partial charge on any atom is -0.475 e. The SMILES string of the molecule is O=C(O)C(F)(F)F.O=C(O)N(CC1CC2CCC(C1)N2)c1sccc1Cc1ccc(F)cc1. The monoisotopic (exact) mass is 488 g/mol. The molecule has 3 heterocycles. The van der Waals surface area contributed by atoms with E-state index in [2.05, 4.69) is 5.32 Å². The number of carboxylic acid groups (broad SMARTS) is 2. The van der Waals surface area contributed by atoms with Gasteiger partial charge in [0.15, 0.2) is 0 Å². The van der Waals surface area contributed by atoms with Crippen molar-refractivity contribution in [3.8, 4) is 0 Å². The highest BCUT2D eigenvalue weighted by molar-refractivity contribution is 7.14. The van der Waals surface area contributed by atoms with Gasteiger partial charge in [-0.25, -0.2) is 14.0 Å². The summed E-state index contributed by atoms with van der Waals surface area (Å²) in [5, 5.41) is 23.3. The highest BCUT2D eigenvalue weighted by Gasteiger charge is 2.38. The molecule has 2 unspecified atom stereocenters. The molecule has 2 aromatic rings. The van der Waals surface area contributed by atoms with E-state index in [4.69, 9.17) is 9.90 Å². The van der Waals surface area contributed by atoms with Gasteiger partial charge in [-0.3, -0.25) is 4.90 Å². The number of hydrogen-bond acceptors (Lipinski definition) is 4. The average Bonchev–Trinajstić information content (AvgIpc) is 3.33. The molecule has 2 bridgehead atoms. The van der Waals surface area contributed by atoms with E-state index in [1.165, 1.54) is 41.2 Å². The molecule has 11 heteroatoms. The third-order valence-corrected chi connectivity index (χ3v) is 6.74. The predicted molar refractivity (Wildman–Crippen MR) is 115 cm³/mol. The number of rotatable bonds is 5. The number of amides is 1. The topological polar surface area (TPSA) is 89.9 Å². The second-order valence-electron chi connectivity index (χ2n) is 8.23. The summed E-state index contributed by atoms with van der Waals surface area (Å²) >= 11 is 1.47. The summed E-state index contributed by atoms with van der Waals surface area (Å²) in [6.45, 7) is 0.556. The van der Waals surface area contributed by atoms with Crippen LogP contribution < -0.4 is 10.2 Å². The molecule has 3 N–H and O–H groups in total. The van der Waals surface area contributed by atoms with Gasteiger partial charge in [0.1, 0.15) is 10.8 Å². The molecular formula is C22H24F4N2O4S. The van der Waals surface area contributed by atoms with Gasteiger partial charge in [0, 0.05) is 25.0 Å². The fraction of sp³-hybridized carbons (Fsp3) is 0.455. The summed E-state index contributed by atoms with van der Waals surface area (Å²) in [5.41, 5.74) is 1.97. The molecule has 0 radical (unpaired) electrons. The summed E-state index contributed by atoms with van der Waals surface area (Å²) in [6.07, 6.45) is -0.830. The first-order valence-corrected chi connectivity index (χ1v) is 11.3. The largest absolute Gasteiger partial charge is 0.490 e. The fourth-order valence-electron chi connectivity index (χ4n) is 4.35. The van der Waals surface area contributed by atoms with Crippen LogP contribution in [0.3, 0.4) is 0 Å². The van der Waals surface area contributed by atoms with Crippen molar-refractivity contribution in [3.05, 3.63) is 52.7 Å².